The molecule has 180 valence electrons. The van der Waals surface area contributed by atoms with Crippen LogP contribution in [0.25, 0.3) is 11.1 Å². The van der Waals surface area contributed by atoms with E-state index in [0.717, 1.165) is 22.9 Å². The standard InChI is InChI=1S/C25H23FN4O4S/c26-21-12-28-7-6-22(21)30-25(33)16-4-5-17(11-27)20(9-16)15-2-1-3-18(8-15)29-23(31)14-35-19-10-24(32)34-13-19/h1-9,12,19H,10-11,13-14,27H2,(H,29,31)(H,28,30,33). The van der Waals surface area contributed by atoms with Gasteiger partial charge in [-0.25, -0.2) is 4.39 Å². The maximum absolute atomic E-state index is 13.9. The Hall–Kier alpha value is -3.76. The predicted octanol–water partition coefficient (Wildman–Crippen LogP) is 3.59. The van der Waals surface area contributed by atoms with Crippen molar-refractivity contribution >= 4 is 40.9 Å². The van der Waals surface area contributed by atoms with Gasteiger partial charge in [-0.3, -0.25) is 19.4 Å². The van der Waals surface area contributed by atoms with Crippen LogP contribution in [0.1, 0.15) is 22.3 Å². The average Bonchev–Trinajstić information content (AvgIpc) is 3.29. The average molecular weight is 495 g/mol. The quantitative estimate of drug-likeness (QED) is 0.409. The number of hydrogen-bond acceptors (Lipinski definition) is 7. The fourth-order valence-electron chi connectivity index (χ4n) is 3.59. The Morgan fingerprint density at radius 3 is 2.77 bits per heavy atom. The Morgan fingerprint density at radius 2 is 2.03 bits per heavy atom. The van der Waals surface area contributed by atoms with Crippen LogP contribution in [0.2, 0.25) is 0 Å². The van der Waals surface area contributed by atoms with Crippen molar-refractivity contribution in [1.82, 2.24) is 4.98 Å². The van der Waals surface area contributed by atoms with Crippen molar-refractivity contribution in [3.8, 4) is 11.1 Å². The largest absolute Gasteiger partial charge is 0.464 e. The zero-order valence-electron chi connectivity index (χ0n) is 18.6. The molecular weight excluding hydrogens is 471 g/mol. The number of amides is 2. The van der Waals surface area contributed by atoms with Gasteiger partial charge in [0.1, 0.15) is 6.61 Å². The number of cyclic esters (lactones) is 1. The van der Waals surface area contributed by atoms with E-state index in [-0.39, 0.29) is 35.1 Å². The number of carbonyl (C=O) groups is 3. The smallest absolute Gasteiger partial charge is 0.307 e. The first-order chi connectivity index (χ1) is 16.9. The lowest BCUT2D eigenvalue weighted by molar-refractivity contribution is -0.137. The normalized spacial score (nSPS) is 14.9. The van der Waals surface area contributed by atoms with Crippen LogP contribution in [0.15, 0.2) is 60.9 Å². The van der Waals surface area contributed by atoms with Gasteiger partial charge in [0.25, 0.3) is 5.91 Å². The topological polar surface area (TPSA) is 123 Å². The summed E-state index contributed by atoms with van der Waals surface area (Å²) in [5, 5.41) is 5.39. The lowest BCUT2D eigenvalue weighted by Crippen LogP contribution is -2.16. The van der Waals surface area contributed by atoms with Crippen LogP contribution in [0.3, 0.4) is 0 Å². The fourth-order valence-corrected chi connectivity index (χ4v) is 4.46. The van der Waals surface area contributed by atoms with Crippen LogP contribution >= 0.6 is 11.8 Å². The summed E-state index contributed by atoms with van der Waals surface area (Å²) in [5.74, 6) is -1.35. The van der Waals surface area contributed by atoms with Gasteiger partial charge in [0.05, 0.1) is 24.1 Å². The number of thioether (sulfide) groups is 1. The number of nitrogens with two attached hydrogens (primary N) is 1. The number of rotatable bonds is 8. The molecule has 35 heavy (non-hydrogen) atoms. The molecule has 0 bridgehead atoms. The minimum absolute atomic E-state index is 0.0128. The molecule has 10 heteroatoms. The molecule has 4 rings (SSSR count). The van der Waals surface area contributed by atoms with Crippen molar-refractivity contribution in [1.29, 1.82) is 0 Å². The number of ether oxygens (including phenoxy) is 1. The zero-order chi connectivity index (χ0) is 24.8. The van der Waals surface area contributed by atoms with Gasteiger partial charge in [0, 0.05) is 29.2 Å². The lowest BCUT2D eigenvalue weighted by Gasteiger charge is -2.13. The van der Waals surface area contributed by atoms with Crippen molar-refractivity contribution in [2.75, 3.05) is 23.0 Å². The Kier molecular flexibility index (Phi) is 7.74. The van der Waals surface area contributed by atoms with Crippen LogP contribution in [-0.2, 0) is 20.9 Å². The molecule has 0 radical (unpaired) electrons. The summed E-state index contributed by atoms with van der Waals surface area (Å²) in [7, 11) is 0. The van der Waals surface area contributed by atoms with E-state index in [0.29, 0.717) is 24.3 Å². The highest BCUT2D eigenvalue weighted by Gasteiger charge is 2.24. The molecule has 1 aliphatic rings. The van der Waals surface area contributed by atoms with Crippen molar-refractivity contribution in [2.24, 2.45) is 5.73 Å². The van der Waals surface area contributed by atoms with Gasteiger partial charge in [-0.05, 0) is 47.0 Å². The van der Waals surface area contributed by atoms with Crippen LogP contribution in [0.5, 0.6) is 0 Å². The highest BCUT2D eigenvalue weighted by atomic mass is 32.2. The molecule has 4 N–H and O–H groups in total. The number of benzene rings is 2. The Labute approximate surface area is 205 Å². The number of halogens is 1. The van der Waals surface area contributed by atoms with Gasteiger partial charge in [-0.2, -0.15) is 0 Å². The predicted molar refractivity (Wildman–Crippen MR) is 132 cm³/mol. The number of esters is 1. The van der Waals surface area contributed by atoms with Crippen molar-refractivity contribution in [3.05, 3.63) is 77.9 Å². The van der Waals surface area contributed by atoms with Crippen LogP contribution in [-0.4, -0.2) is 40.4 Å². The Morgan fingerprint density at radius 1 is 1.17 bits per heavy atom. The fraction of sp³-hybridized carbons (Fsp3) is 0.200. The number of aromatic nitrogens is 1. The molecule has 0 spiro atoms. The molecule has 8 nitrogen and oxygen atoms in total. The van der Waals surface area contributed by atoms with Gasteiger partial charge < -0.3 is 21.1 Å². The Bertz CT molecular complexity index is 1270. The molecule has 1 fully saturated rings. The first-order valence-corrected chi connectivity index (χ1v) is 11.9. The van der Waals surface area contributed by atoms with E-state index in [1.54, 1.807) is 36.4 Å². The summed E-state index contributed by atoms with van der Waals surface area (Å²) in [5.41, 5.74) is 9.16. The van der Waals surface area contributed by atoms with E-state index >= 15 is 0 Å². The molecule has 1 atom stereocenters. The highest BCUT2D eigenvalue weighted by Crippen LogP contribution is 2.28. The lowest BCUT2D eigenvalue weighted by atomic mass is 9.96. The summed E-state index contributed by atoms with van der Waals surface area (Å²) in [6, 6.07) is 13.6. The van der Waals surface area contributed by atoms with Gasteiger partial charge in [-0.15, -0.1) is 11.8 Å². The van der Waals surface area contributed by atoms with Gasteiger partial charge >= 0.3 is 5.97 Å². The summed E-state index contributed by atoms with van der Waals surface area (Å²) in [4.78, 5) is 40.0. The van der Waals surface area contributed by atoms with Crippen LogP contribution in [0, 0.1) is 5.82 Å². The van der Waals surface area contributed by atoms with E-state index in [4.69, 9.17) is 10.5 Å². The van der Waals surface area contributed by atoms with Crippen LogP contribution < -0.4 is 16.4 Å². The first-order valence-electron chi connectivity index (χ1n) is 10.8. The molecule has 2 aromatic carbocycles. The molecule has 0 aliphatic carbocycles. The molecule has 1 unspecified atom stereocenters. The minimum atomic E-state index is -0.631. The van der Waals surface area contributed by atoms with E-state index in [9.17, 15) is 18.8 Å². The number of hydrogen-bond donors (Lipinski definition) is 3. The van der Waals surface area contributed by atoms with E-state index in [1.165, 1.54) is 24.0 Å². The maximum atomic E-state index is 13.9. The first kappa shape index (κ1) is 24.4. The minimum Gasteiger partial charge on any atom is -0.464 e. The van der Waals surface area contributed by atoms with Gasteiger partial charge in [-0.1, -0.05) is 18.2 Å². The summed E-state index contributed by atoms with van der Waals surface area (Å²) < 4.78 is 18.8. The molecule has 2 heterocycles. The number of anilines is 2. The third-order valence-corrected chi connectivity index (χ3v) is 6.55. The van der Waals surface area contributed by atoms with Crippen LogP contribution in [0.4, 0.5) is 15.8 Å². The second-order valence-electron chi connectivity index (χ2n) is 7.83. The van der Waals surface area contributed by atoms with Crippen molar-refractivity contribution < 1.29 is 23.5 Å². The SMILES string of the molecule is NCc1ccc(C(=O)Nc2ccncc2F)cc1-c1cccc(NC(=O)CSC2COC(=O)C2)c1. The van der Waals surface area contributed by atoms with Gasteiger partial charge in [0.2, 0.25) is 5.91 Å². The van der Waals surface area contributed by atoms with Crippen molar-refractivity contribution in [3.63, 3.8) is 0 Å². The monoisotopic (exact) mass is 494 g/mol. The summed E-state index contributed by atoms with van der Waals surface area (Å²) in [6.07, 6.45) is 2.73. The second-order valence-corrected chi connectivity index (χ2v) is 9.12. The van der Waals surface area contributed by atoms with E-state index in [1.807, 2.05) is 6.07 Å². The molecule has 3 aromatic rings. The number of carbonyl (C=O) groups excluding carboxylic acids is 3. The van der Waals surface area contributed by atoms with Gasteiger partial charge in [0.15, 0.2) is 5.82 Å². The maximum Gasteiger partial charge on any atom is 0.307 e. The molecule has 2 amide bonds. The van der Waals surface area contributed by atoms with Crippen molar-refractivity contribution in [2.45, 2.75) is 18.2 Å². The third kappa shape index (κ3) is 6.23. The molecular formula is C25H23FN4O4S. The van der Waals surface area contributed by atoms with E-state index in [2.05, 4.69) is 15.6 Å². The summed E-state index contributed by atoms with van der Waals surface area (Å²) in [6.45, 7) is 0.567. The third-order valence-electron chi connectivity index (χ3n) is 5.34. The highest BCUT2D eigenvalue weighted by molar-refractivity contribution is 8.00. The number of nitrogens with one attached hydrogen (secondary N) is 2. The Balaban J connectivity index is 1.49. The van der Waals surface area contributed by atoms with E-state index < -0.39 is 11.7 Å². The second kappa shape index (κ2) is 11.1. The zero-order valence-corrected chi connectivity index (χ0v) is 19.4. The molecule has 1 aromatic heterocycles. The molecule has 0 saturated carbocycles. The number of nitrogens with zero attached hydrogens (tertiary/aromatic N) is 1. The molecule has 1 saturated heterocycles. The number of pyridine rings is 1. The summed E-state index contributed by atoms with van der Waals surface area (Å²) >= 11 is 1.38. The molecule has 1 aliphatic heterocycles.